The third-order valence-electron chi connectivity index (χ3n) is 6.31. The predicted octanol–water partition coefficient (Wildman–Crippen LogP) is 10.2. The number of methoxy groups -OCH3 is 1. The molecule has 0 spiro atoms. The Balaban J connectivity index is 0.000000141. The van der Waals surface area contributed by atoms with Crippen LogP contribution in [0, 0.1) is 6.92 Å². The van der Waals surface area contributed by atoms with Gasteiger partial charge in [0.1, 0.15) is 12.4 Å². The zero-order chi connectivity index (χ0) is 33.9. The van der Waals surface area contributed by atoms with Crippen molar-refractivity contribution < 1.29 is 41.3 Å². The molecule has 0 saturated heterocycles. The predicted molar refractivity (Wildman–Crippen MR) is 179 cm³/mol. The summed E-state index contributed by atoms with van der Waals surface area (Å²) >= 11 is 9.13. The van der Waals surface area contributed by atoms with E-state index in [0.29, 0.717) is 42.4 Å². The Morgan fingerprint density at radius 2 is 1.67 bits per heavy atom. The molecule has 0 atom stereocenters. The summed E-state index contributed by atoms with van der Waals surface area (Å²) in [5, 5.41) is 5.56. The Morgan fingerprint density at radius 1 is 0.854 bits per heavy atom. The summed E-state index contributed by atoms with van der Waals surface area (Å²) in [7, 11) is 1.64. The fourth-order valence-corrected chi connectivity index (χ4v) is 5.80. The van der Waals surface area contributed by atoms with E-state index in [1.807, 2.05) is 36.4 Å². The highest BCUT2D eigenvalue weighted by molar-refractivity contribution is 7.16. The van der Waals surface area contributed by atoms with Crippen molar-refractivity contribution >= 4 is 34.3 Å². The fraction of sp³-hybridized carbons (Fsp3) is 0.176. The van der Waals surface area contributed by atoms with E-state index < -0.39 is 6.36 Å². The lowest BCUT2D eigenvalue weighted by Gasteiger charge is -2.09. The Kier molecular flexibility index (Phi) is 12.0. The number of benzene rings is 3. The first-order valence-electron chi connectivity index (χ1n) is 14.2. The first-order chi connectivity index (χ1) is 23.2. The Bertz CT molecular complexity index is 1900. The molecule has 3 aromatic carbocycles. The SMILES string of the molecule is COCCOc1ncc(-c2cccc(Cl)c2)s1.Cc1ncc(-c2cccc(OC(F)(F)F)c2)o1.c1cc(-c2ccc3c(c2)OCO3)cs1. The van der Waals surface area contributed by atoms with E-state index in [-0.39, 0.29) is 5.75 Å². The standard InChI is InChI=1S/C12H12ClNO2S.C11H8F3NO2.C11H8O2S/c1-15-5-6-16-12-14-8-11(17-12)9-3-2-4-10(13)7-9;1-7-15-6-10(16-7)8-3-2-4-9(5-8)17-11(12,13)14;1-2-10-11(13-7-12-10)5-8(1)9-3-4-14-6-9/h2-4,7-8H,5-6H2,1H3;2-6H,1H3;1-6H,7H2. The van der Waals surface area contributed by atoms with Gasteiger partial charge in [-0.1, -0.05) is 53.3 Å². The van der Waals surface area contributed by atoms with E-state index in [2.05, 4.69) is 37.6 Å². The minimum absolute atomic E-state index is 0.288. The monoisotopic (exact) mass is 716 g/mol. The molecule has 14 heteroatoms. The van der Waals surface area contributed by atoms with Crippen LogP contribution in [0.5, 0.6) is 22.4 Å². The number of hydrogen-bond acceptors (Lipinski definition) is 10. The molecule has 3 aromatic heterocycles. The van der Waals surface area contributed by atoms with E-state index in [1.165, 1.54) is 46.9 Å². The summed E-state index contributed by atoms with van der Waals surface area (Å²) in [6, 6.07) is 21.3. The van der Waals surface area contributed by atoms with Crippen molar-refractivity contribution in [2.24, 2.45) is 0 Å². The van der Waals surface area contributed by atoms with Gasteiger partial charge in [0.2, 0.25) is 6.79 Å². The molecule has 8 nitrogen and oxygen atoms in total. The number of ether oxygens (including phenoxy) is 5. The highest BCUT2D eigenvalue weighted by atomic mass is 35.5. The third-order valence-corrected chi connectivity index (χ3v) is 8.18. The maximum Gasteiger partial charge on any atom is 0.573 e. The van der Waals surface area contributed by atoms with E-state index in [4.69, 9.17) is 35.0 Å². The molecular formula is C34H28ClF3N2O6S2. The molecule has 250 valence electrons. The first-order valence-corrected chi connectivity index (χ1v) is 16.3. The van der Waals surface area contributed by atoms with Crippen molar-refractivity contribution in [2.45, 2.75) is 13.3 Å². The van der Waals surface area contributed by atoms with Crippen LogP contribution in [0.3, 0.4) is 0 Å². The highest BCUT2D eigenvalue weighted by Crippen LogP contribution is 2.36. The number of aromatic nitrogens is 2. The molecule has 0 saturated carbocycles. The van der Waals surface area contributed by atoms with Gasteiger partial charge in [-0.2, -0.15) is 11.3 Å². The number of rotatable bonds is 8. The lowest BCUT2D eigenvalue weighted by Crippen LogP contribution is -2.17. The van der Waals surface area contributed by atoms with Gasteiger partial charge in [-0.3, -0.25) is 0 Å². The second kappa shape index (κ2) is 16.5. The molecular weight excluding hydrogens is 689 g/mol. The van der Waals surface area contributed by atoms with Crippen LogP contribution in [0.25, 0.3) is 32.9 Å². The Hall–Kier alpha value is -4.56. The minimum Gasteiger partial charge on any atom is -0.468 e. The van der Waals surface area contributed by atoms with Gasteiger partial charge in [-0.25, -0.2) is 9.97 Å². The summed E-state index contributed by atoms with van der Waals surface area (Å²) in [6.45, 7) is 3.06. The Morgan fingerprint density at radius 3 is 2.40 bits per heavy atom. The minimum atomic E-state index is -4.70. The van der Waals surface area contributed by atoms with Crippen LogP contribution in [-0.4, -0.2) is 43.4 Å². The molecule has 48 heavy (non-hydrogen) atoms. The first kappa shape index (κ1) is 34.8. The number of thiophene rings is 1. The van der Waals surface area contributed by atoms with Crippen molar-refractivity contribution in [3.8, 4) is 55.3 Å². The van der Waals surface area contributed by atoms with Crippen LogP contribution in [-0.2, 0) is 4.74 Å². The van der Waals surface area contributed by atoms with Gasteiger partial charge in [-0.05, 0) is 69.9 Å². The molecule has 4 heterocycles. The van der Waals surface area contributed by atoms with Gasteiger partial charge in [0, 0.05) is 30.8 Å². The molecule has 7 rings (SSSR count). The van der Waals surface area contributed by atoms with Crippen molar-refractivity contribution in [1.82, 2.24) is 9.97 Å². The van der Waals surface area contributed by atoms with Gasteiger partial charge >= 0.3 is 6.36 Å². The normalized spacial score (nSPS) is 11.6. The topological polar surface area (TPSA) is 85.1 Å². The second-order valence-electron chi connectivity index (χ2n) is 9.74. The number of alkyl halides is 3. The summed E-state index contributed by atoms with van der Waals surface area (Å²) in [5.74, 6) is 2.24. The lowest BCUT2D eigenvalue weighted by atomic mass is 10.1. The molecule has 6 aromatic rings. The largest absolute Gasteiger partial charge is 0.573 e. The molecule has 0 N–H and O–H groups in total. The van der Waals surface area contributed by atoms with Gasteiger partial charge in [0.05, 0.1) is 17.7 Å². The quantitative estimate of drug-likeness (QED) is 0.144. The second-order valence-corrected chi connectivity index (χ2v) is 12.0. The summed E-state index contributed by atoms with van der Waals surface area (Å²) in [6.07, 6.45) is -1.46. The number of fused-ring (bicyclic) bond motifs is 1. The van der Waals surface area contributed by atoms with E-state index >= 15 is 0 Å². The zero-order valence-electron chi connectivity index (χ0n) is 25.5. The van der Waals surface area contributed by atoms with Crippen molar-refractivity contribution in [1.29, 1.82) is 0 Å². The van der Waals surface area contributed by atoms with Crippen molar-refractivity contribution in [3.05, 3.63) is 107 Å². The van der Waals surface area contributed by atoms with Gasteiger partial charge in [0.25, 0.3) is 5.19 Å². The van der Waals surface area contributed by atoms with Crippen molar-refractivity contribution in [3.63, 3.8) is 0 Å². The molecule has 1 aliphatic rings. The van der Waals surface area contributed by atoms with Gasteiger partial charge in [-0.15, -0.1) is 13.2 Å². The number of thiazole rings is 1. The average molecular weight is 717 g/mol. The maximum absolute atomic E-state index is 12.0. The van der Waals surface area contributed by atoms with Crippen LogP contribution in [0.4, 0.5) is 13.2 Å². The molecule has 0 bridgehead atoms. The van der Waals surface area contributed by atoms with Crippen LogP contribution in [0.2, 0.25) is 5.02 Å². The van der Waals surface area contributed by atoms with Gasteiger partial charge in [0.15, 0.2) is 23.1 Å². The van der Waals surface area contributed by atoms with E-state index in [1.54, 1.807) is 37.6 Å². The number of halogens is 4. The maximum atomic E-state index is 12.0. The van der Waals surface area contributed by atoms with Crippen LogP contribution in [0.1, 0.15) is 5.89 Å². The summed E-state index contributed by atoms with van der Waals surface area (Å²) in [4.78, 5) is 9.10. The third kappa shape index (κ3) is 10.2. The fourth-order valence-electron chi connectivity index (χ4n) is 4.16. The van der Waals surface area contributed by atoms with E-state index in [9.17, 15) is 13.2 Å². The highest BCUT2D eigenvalue weighted by Gasteiger charge is 2.31. The number of aryl methyl sites for hydroxylation is 1. The Labute approximate surface area is 287 Å². The molecule has 0 unspecified atom stereocenters. The summed E-state index contributed by atoms with van der Waals surface area (Å²) in [5.41, 5.74) is 3.94. The van der Waals surface area contributed by atoms with E-state index in [0.717, 1.165) is 27.0 Å². The molecule has 0 amide bonds. The van der Waals surface area contributed by atoms with Crippen molar-refractivity contribution in [2.75, 3.05) is 27.1 Å². The number of oxazole rings is 1. The molecule has 0 radical (unpaired) electrons. The van der Waals surface area contributed by atoms with Crippen LogP contribution >= 0.6 is 34.3 Å². The number of hydrogen-bond donors (Lipinski definition) is 0. The van der Waals surface area contributed by atoms with Crippen LogP contribution < -0.4 is 18.9 Å². The lowest BCUT2D eigenvalue weighted by molar-refractivity contribution is -0.274. The molecule has 1 aliphatic heterocycles. The van der Waals surface area contributed by atoms with Crippen LogP contribution in [0.15, 0.2) is 100 Å². The number of nitrogens with zero attached hydrogens (tertiary/aromatic N) is 2. The average Bonchev–Trinajstić information content (AvgIpc) is 3.89. The summed E-state index contributed by atoms with van der Waals surface area (Å²) < 4.78 is 66.0. The zero-order valence-corrected chi connectivity index (χ0v) is 27.9. The smallest absolute Gasteiger partial charge is 0.468 e. The van der Waals surface area contributed by atoms with Gasteiger partial charge < -0.3 is 28.1 Å². The molecule has 0 aliphatic carbocycles. The molecule has 0 fully saturated rings.